The second-order valence-corrected chi connectivity index (χ2v) is 6.43. The second-order valence-electron chi connectivity index (χ2n) is 6.43. The van der Waals surface area contributed by atoms with Gasteiger partial charge in [-0.25, -0.2) is 0 Å². The third-order valence-corrected chi connectivity index (χ3v) is 4.98. The van der Waals surface area contributed by atoms with Crippen LogP contribution in [0, 0.1) is 0 Å². The van der Waals surface area contributed by atoms with Crippen LogP contribution in [0.25, 0.3) is 0 Å². The van der Waals surface area contributed by atoms with Crippen molar-refractivity contribution in [2.75, 3.05) is 34.4 Å². The summed E-state index contributed by atoms with van der Waals surface area (Å²) >= 11 is 0. The van der Waals surface area contributed by atoms with Crippen LogP contribution < -0.4 is 19.5 Å². The number of benzene rings is 1. The minimum absolute atomic E-state index is 0.571. The van der Waals surface area contributed by atoms with E-state index in [9.17, 15) is 0 Å². The van der Waals surface area contributed by atoms with Crippen molar-refractivity contribution in [2.24, 2.45) is 0 Å². The van der Waals surface area contributed by atoms with E-state index >= 15 is 0 Å². The van der Waals surface area contributed by atoms with Crippen LogP contribution in [0.5, 0.6) is 17.2 Å². The maximum atomic E-state index is 5.52. The van der Waals surface area contributed by atoms with Crippen molar-refractivity contribution in [3.05, 3.63) is 17.7 Å². The van der Waals surface area contributed by atoms with Crippen LogP contribution in [0.15, 0.2) is 12.1 Å². The molecule has 128 valence electrons. The molecule has 0 radical (unpaired) electrons. The highest BCUT2D eigenvalue weighted by atomic mass is 16.5. The molecule has 1 N–H and O–H groups in total. The van der Waals surface area contributed by atoms with Gasteiger partial charge in [0.2, 0.25) is 0 Å². The Hall–Kier alpha value is -1.46. The van der Waals surface area contributed by atoms with Gasteiger partial charge in [0, 0.05) is 30.8 Å². The topological polar surface area (TPSA) is 43.0 Å². The lowest BCUT2D eigenvalue weighted by atomic mass is 10.0. The average molecular weight is 320 g/mol. The van der Waals surface area contributed by atoms with Crippen LogP contribution in [0.4, 0.5) is 0 Å². The summed E-state index contributed by atoms with van der Waals surface area (Å²) in [5.41, 5.74) is 1.06. The summed E-state index contributed by atoms with van der Waals surface area (Å²) < 4.78 is 16.3. The monoisotopic (exact) mass is 320 g/mol. The number of hydrogen-bond acceptors (Lipinski definition) is 5. The maximum absolute atomic E-state index is 5.52. The summed E-state index contributed by atoms with van der Waals surface area (Å²) in [6.45, 7) is 3.20. The predicted molar refractivity (Wildman–Crippen MR) is 90.6 cm³/mol. The fraction of sp³-hybridized carbons (Fsp3) is 0.667. The van der Waals surface area contributed by atoms with Crippen LogP contribution in [0.1, 0.15) is 31.2 Å². The summed E-state index contributed by atoms with van der Waals surface area (Å²) in [7, 11) is 5.03. The van der Waals surface area contributed by atoms with Crippen molar-refractivity contribution in [1.82, 2.24) is 10.2 Å². The zero-order chi connectivity index (χ0) is 16.2. The molecular weight excluding hydrogens is 292 g/mol. The lowest BCUT2D eigenvalue weighted by Crippen LogP contribution is -2.43. The molecule has 1 aromatic rings. The first-order chi connectivity index (χ1) is 11.2. The first kappa shape index (κ1) is 16.4. The number of nitrogens with zero attached hydrogens (tertiary/aromatic N) is 1. The molecule has 0 aromatic heterocycles. The van der Waals surface area contributed by atoms with Gasteiger partial charge in [-0.3, -0.25) is 0 Å². The Labute approximate surface area is 138 Å². The quantitative estimate of drug-likeness (QED) is 0.836. The molecule has 3 rings (SSSR count). The van der Waals surface area contributed by atoms with Crippen LogP contribution in [0.3, 0.4) is 0 Å². The number of piperidine rings is 1. The van der Waals surface area contributed by atoms with Gasteiger partial charge >= 0.3 is 0 Å². The Morgan fingerprint density at radius 3 is 2.04 bits per heavy atom. The highest BCUT2D eigenvalue weighted by Gasteiger charge is 2.31. The van der Waals surface area contributed by atoms with Gasteiger partial charge in [0.15, 0.2) is 0 Å². The van der Waals surface area contributed by atoms with E-state index in [2.05, 4.69) is 10.2 Å². The molecule has 0 bridgehead atoms. The van der Waals surface area contributed by atoms with Crippen molar-refractivity contribution in [3.8, 4) is 17.2 Å². The van der Waals surface area contributed by atoms with E-state index in [0.717, 1.165) is 35.4 Å². The molecule has 0 amide bonds. The fourth-order valence-corrected chi connectivity index (χ4v) is 3.41. The van der Waals surface area contributed by atoms with Gasteiger partial charge in [0.25, 0.3) is 0 Å². The number of nitrogens with one attached hydrogen (secondary N) is 1. The van der Waals surface area contributed by atoms with E-state index in [1.807, 2.05) is 12.1 Å². The molecule has 0 spiro atoms. The summed E-state index contributed by atoms with van der Waals surface area (Å²) in [4.78, 5) is 2.65. The Kier molecular flexibility index (Phi) is 5.28. The minimum Gasteiger partial charge on any atom is -0.496 e. The summed E-state index contributed by atoms with van der Waals surface area (Å²) in [5, 5.41) is 3.68. The average Bonchev–Trinajstić information content (AvgIpc) is 3.44. The van der Waals surface area contributed by atoms with Gasteiger partial charge in [-0.05, 0) is 38.8 Å². The summed E-state index contributed by atoms with van der Waals surface area (Å²) in [6, 6.07) is 5.28. The molecule has 1 saturated carbocycles. The lowest BCUT2D eigenvalue weighted by molar-refractivity contribution is 0.188. The number of ether oxygens (including phenoxy) is 3. The third kappa shape index (κ3) is 3.90. The first-order valence-electron chi connectivity index (χ1n) is 8.51. The van der Waals surface area contributed by atoms with E-state index in [1.165, 1.54) is 38.8 Å². The molecule has 0 atom stereocenters. The van der Waals surface area contributed by atoms with E-state index in [0.29, 0.717) is 6.04 Å². The molecule has 1 saturated heterocycles. The SMILES string of the molecule is COc1cc(OC)c(CNC2CCN(C3CC3)CC2)c(OC)c1. The number of methoxy groups -OCH3 is 3. The molecule has 1 aliphatic carbocycles. The predicted octanol–water partition coefficient (Wildman–Crippen LogP) is 2.43. The molecule has 0 unspecified atom stereocenters. The molecule has 1 aromatic carbocycles. The molecular formula is C18H28N2O3. The molecule has 23 heavy (non-hydrogen) atoms. The molecule has 5 nitrogen and oxygen atoms in total. The molecule has 5 heteroatoms. The van der Waals surface area contributed by atoms with Crippen LogP contribution >= 0.6 is 0 Å². The van der Waals surface area contributed by atoms with Gasteiger partial charge in [0.05, 0.1) is 26.9 Å². The van der Waals surface area contributed by atoms with Crippen molar-refractivity contribution < 1.29 is 14.2 Å². The van der Waals surface area contributed by atoms with Crippen LogP contribution in [-0.4, -0.2) is 51.4 Å². The summed E-state index contributed by atoms with van der Waals surface area (Å²) in [5.74, 6) is 2.37. The van der Waals surface area contributed by atoms with Gasteiger partial charge in [0.1, 0.15) is 17.2 Å². The Bertz CT molecular complexity index is 498. The summed E-state index contributed by atoms with van der Waals surface area (Å²) in [6.07, 6.45) is 5.24. The van der Waals surface area contributed by atoms with Crippen LogP contribution in [-0.2, 0) is 6.54 Å². The van der Waals surface area contributed by atoms with E-state index in [-0.39, 0.29) is 0 Å². The smallest absolute Gasteiger partial charge is 0.130 e. The molecule has 1 aliphatic heterocycles. The number of likely N-dealkylation sites (tertiary alicyclic amines) is 1. The minimum atomic E-state index is 0.571. The second kappa shape index (κ2) is 7.41. The number of rotatable bonds is 7. The van der Waals surface area contributed by atoms with Gasteiger partial charge in [-0.1, -0.05) is 0 Å². The highest BCUT2D eigenvalue weighted by molar-refractivity contribution is 5.50. The largest absolute Gasteiger partial charge is 0.496 e. The van der Waals surface area contributed by atoms with E-state index < -0.39 is 0 Å². The van der Waals surface area contributed by atoms with E-state index in [1.54, 1.807) is 21.3 Å². The molecule has 1 heterocycles. The van der Waals surface area contributed by atoms with Gasteiger partial charge in [-0.2, -0.15) is 0 Å². The zero-order valence-electron chi connectivity index (χ0n) is 14.4. The highest BCUT2D eigenvalue weighted by Crippen LogP contribution is 2.34. The van der Waals surface area contributed by atoms with Crippen LogP contribution in [0.2, 0.25) is 0 Å². The van der Waals surface area contributed by atoms with Gasteiger partial charge < -0.3 is 24.4 Å². The van der Waals surface area contributed by atoms with Crippen molar-refractivity contribution >= 4 is 0 Å². The molecule has 2 aliphatic rings. The number of hydrogen-bond donors (Lipinski definition) is 1. The molecule has 2 fully saturated rings. The van der Waals surface area contributed by atoms with Crippen molar-refractivity contribution in [2.45, 2.75) is 44.3 Å². The zero-order valence-corrected chi connectivity index (χ0v) is 14.4. The third-order valence-electron chi connectivity index (χ3n) is 4.98. The van der Waals surface area contributed by atoms with Crippen molar-refractivity contribution in [1.29, 1.82) is 0 Å². The van der Waals surface area contributed by atoms with E-state index in [4.69, 9.17) is 14.2 Å². The first-order valence-corrected chi connectivity index (χ1v) is 8.51. The normalized spacial score (nSPS) is 19.6. The fourth-order valence-electron chi connectivity index (χ4n) is 3.41. The standard InChI is InChI=1S/C18H28N2O3/c1-21-15-10-17(22-2)16(18(11-15)23-3)12-19-13-6-8-20(9-7-13)14-4-5-14/h10-11,13-14,19H,4-9,12H2,1-3H3. The Morgan fingerprint density at radius 1 is 0.957 bits per heavy atom. The lowest BCUT2D eigenvalue weighted by Gasteiger charge is -2.32. The Balaban J connectivity index is 1.60. The van der Waals surface area contributed by atoms with Crippen molar-refractivity contribution in [3.63, 3.8) is 0 Å². The Morgan fingerprint density at radius 2 is 1.57 bits per heavy atom. The maximum Gasteiger partial charge on any atom is 0.130 e. The van der Waals surface area contributed by atoms with Gasteiger partial charge in [-0.15, -0.1) is 0 Å².